The lowest BCUT2D eigenvalue weighted by Crippen LogP contribution is -2.36. The number of rotatable bonds is 9. The average molecular weight is 317 g/mol. The fourth-order valence-corrected chi connectivity index (χ4v) is 1.80. The maximum atomic E-state index is 11.5. The summed E-state index contributed by atoms with van der Waals surface area (Å²) >= 11 is 0. The van der Waals surface area contributed by atoms with Gasteiger partial charge in [0.15, 0.2) is 0 Å². The van der Waals surface area contributed by atoms with Gasteiger partial charge in [-0.15, -0.1) is 12.4 Å². The number of methoxy groups -OCH3 is 2. The average Bonchev–Trinajstić information content (AvgIpc) is 2.45. The van der Waals surface area contributed by atoms with E-state index < -0.39 is 0 Å². The third-order valence-corrected chi connectivity index (χ3v) is 2.98. The fraction of sp³-hybridized carbons (Fsp3) is 0.533. The Morgan fingerprint density at radius 3 is 2.67 bits per heavy atom. The van der Waals surface area contributed by atoms with Crippen LogP contribution in [-0.4, -0.2) is 46.4 Å². The smallest absolute Gasteiger partial charge is 0.233 e. The molecule has 0 saturated heterocycles. The molecule has 0 spiro atoms. The predicted octanol–water partition coefficient (Wildman–Crippen LogP) is 1.32. The summed E-state index contributed by atoms with van der Waals surface area (Å²) in [4.78, 5) is 11.5. The molecule has 1 amide bonds. The van der Waals surface area contributed by atoms with Crippen LogP contribution in [0.15, 0.2) is 18.2 Å². The molecule has 0 saturated carbocycles. The molecule has 0 fully saturated rings. The molecular formula is C15H25ClN2O3. The van der Waals surface area contributed by atoms with E-state index in [2.05, 4.69) is 16.7 Å². The number of carbonyl (C=O) groups is 1. The Kier molecular flexibility index (Phi) is 10.7. The van der Waals surface area contributed by atoms with Crippen molar-refractivity contribution in [2.45, 2.75) is 13.3 Å². The number of hydrogen-bond donors (Lipinski definition) is 2. The molecule has 0 atom stereocenters. The van der Waals surface area contributed by atoms with Crippen LogP contribution in [0.3, 0.4) is 0 Å². The van der Waals surface area contributed by atoms with Crippen LogP contribution in [0.5, 0.6) is 5.75 Å². The number of halogens is 1. The van der Waals surface area contributed by atoms with E-state index in [-0.39, 0.29) is 18.3 Å². The van der Waals surface area contributed by atoms with Gasteiger partial charge in [-0.25, -0.2) is 0 Å². The van der Waals surface area contributed by atoms with E-state index in [1.807, 2.05) is 19.1 Å². The molecule has 5 nitrogen and oxygen atoms in total. The van der Waals surface area contributed by atoms with E-state index in [1.165, 1.54) is 0 Å². The molecule has 0 aliphatic carbocycles. The Hall–Kier alpha value is -1.30. The van der Waals surface area contributed by atoms with Gasteiger partial charge < -0.3 is 20.1 Å². The van der Waals surface area contributed by atoms with Crippen molar-refractivity contribution >= 4 is 18.3 Å². The van der Waals surface area contributed by atoms with Crippen LogP contribution in [0, 0.1) is 6.92 Å². The minimum absolute atomic E-state index is 0. The molecule has 1 aromatic rings. The molecule has 0 bridgehead atoms. The molecule has 1 rings (SSSR count). The fourth-order valence-electron chi connectivity index (χ4n) is 1.80. The van der Waals surface area contributed by atoms with Crippen LogP contribution in [-0.2, 0) is 16.0 Å². The first-order chi connectivity index (χ1) is 9.67. The summed E-state index contributed by atoms with van der Waals surface area (Å²) < 4.78 is 10.2. The summed E-state index contributed by atoms with van der Waals surface area (Å²) in [6.45, 7) is 4.24. The zero-order chi connectivity index (χ0) is 14.8. The van der Waals surface area contributed by atoms with E-state index >= 15 is 0 Å². The Morgan fingerprint density at radius 1 is 1.24 bits per heavy atom. The highest BCUT2D eigenvalue weighted by atomic mass is 35.5. The van der Waals surface area contributed by atoms with Gasteiger partial charge in [0.1, 0.15) is 5.75 Å². The first-order valence-electron chi connectivity index (χ1n) is 6.77. The van der Waals surface area contributed by atoms with E-state index in [9.17, 15) is 4.79 Å². The molecule has 0 aliphatic heterocycles. The van der Waals surface area contributed by atoms with Crippen molar-refractivity contribution in [2.24, 2.45) is 0 Å². The lowest BCUT2D eigenvalue weighted by molar-refractivity contribution is -0.120. The third kappa shape index (κ3) is 7.90. The molecule has 2 N–H and O–H groups in total. The van der Waals surface area contributed by atoms with Crippen LogP contribution in [0.1, 0.15) is 11.1 Å². The maximum Gasteiger partial charge on any atom is 0.233 e. The van der Waals surface area contributed by atoms with Gasteiger partial charge >= 0.3 is 0 Å². The van der Waals surface area contributed by atoms with Gasteiger partial charge in [0.25, 0.3) is 0 Å². The minimum Gasteiger partial charge on any atom is -0.496 e. The number of aryl methyl sites for hydroxylation is 1. The van der Waals surface area contributed by atoms with E-state index in [0.717, 1.165) is 23.3 Å². The van der Waals surface area contributed by atoms with Crippen molar-refractivity contribution in [3.63, 3.8) is 0 Å². The Balaban J connectivity index is 0.00000400. The Labute approximate surface area is 132 Å². The minimum atomic E-state index is 0. The van der Waals surface area contributed by atoms with E-state index in [1.54, 1.807) is 14.2 Å². The Morgan fingerprint density at radius 2 is 2.00 bits per heavy atom. The van der Waals surface area contributed by atoms with Crippen molar-refractivity contribution in [3.05, 3.63) is 29.3 Å². The SMILES string of the molecule is COCCNCC(=O)NCCc1ccc(C)c(OC)c1.Cl. The molecular weight excluding hydrogens is 292 g/mol. The second-order valence-electron chi connectivity index (χ2n) is 4.57. The Bertz CT molecular complexity index is 427. The third-order valence-electron chi connectivity index (χ3n) is 2.98. The number of hydrogen-bond acceptors (Lipinski definition) is 4. The topological polar surface area (TPSA) is 59.6 Å². The quantitative estimate of drug-likeness (QED) is 0.675. The van der Waals surface area contributed by atoms with Crippen molar-refractivity contribution in [1.29, 1.82) is 0 Å². The van der Waals surface area contributed by atoms with Crippen molar-refractivity contribution in [1.82, 2.24) is 10.6 Å². The van der Waals surface area contributed by atoms with Gasteiger partial charge in [-0.1, -0.05) is 12.1 Å². The zero-order valence-electron chi connectivity index (χ0n) is 12.9. The summed E-state index contributed by atoms with van der Waals surface area (Å²) in [5.74, 6) is 0.884. The monoisotopic (exact) mass is 316 g/mol. The van der Waals surface area contributed by atoms with Gasteiger partial charge in [-0.3, -0.25) is 4.79 Å². The van der Waals surface area contributed by atoms with Crippen LogP contribution in [0.4, 0.5) is 0 Å². The van der Waals surface area contributed by atoms with Crippen molar-refractivity contribution < 1.29 is 14.3 Å². The zero-order valence-corrected chi connectivity index (χ0v) is 13.7. The van der Waals surface area contributed by atoms with Gasteiger partial charge in [-0.05, 0) is 30.5 Å². The number of benzene rings is 1. The van der Waals surface area contributed by atoms with Gasteiger partial charge in [-0.2, -0.15) is 0 Å². The normalized spacial score (nSPS) is 9.86. The molecule has 0 radical (unpaired) electrons. The first-order valence-corrected chi connectivity index (χ1v) is 6.77. The summed E-state index contributed by atoms with van der Waals surface area (Å²) in [7, 11) is 3.30. The molecule has 0 unspecified atom stereocenters. The highest BCUT2D eigenvalue weighted by Crippen LogP contribution is 2.18. The van der Waals surface area contributed by atoms with Crippen LogP contribution in [0.25, 0.3) is 0 Å². The largest absolute Gasteiger partial charge is 0.496 e. The highest BCUT2D eigenvalue weighted by molar-refractivity contribution is 5.85. The van der Waals surface area contributed by atoms with Gasteiger partial charge in [0.05, 0.1) is 20.3 Å². The summed E-state index contributed by atoms with van der Waals surface area (Å²) in [5.41, 5.74) is 2.27. The summed E-state index contributed by atoms with van der Waals surface area (Å²) in [6, 6.07) is 6.10. The second kappa shape index (κ2) is 11.4. The van der Waals surface area contributed by atoms with E-state index in [0.29, 0.717) is 26.2 Å². The van der Waals surface area contributed by atoms with Crippen LogP contribution >= 0.6 is 12.4 Å². The molecule has 0 heterocycles. The standard InChI is InChI=1S/C15H24N2O3.ClH/c1-12-4-5-13(10-14(12)20-3)6-7-17-15(18)11-16-8-9-19-2;/h4-5,10,16H,6-9,11H2,1-3H3,(H,17,18);1H. The molecule has 21 heavy (non-hydrogen) atoms. The van der Waals surface area contributed by atoms with Gasteiger partial charge in [0, 0.05) is 20.2 Å². The lowest BCUT2D eigenvalue weighted by atomic mass is 10.1. The summed E-state index contributed by atoms with van der Waals surface area (Å²) in [5, 5.41) is 5.88. The molecule has 1 aromatic carbocycles. The second-order valence-corrected chi connectivity index (χ2v) is 4.57. The number of nitrogens with one attached hydrogen (secondary N) is 2. The molecule has 120 valence electrons. The number of ether oxygens (including phenoxy) is 2. The first kappa shape index (κ1) is 19.7. The lowest BCUT2D eigenvalue weighted by Gasteiger charge is -2.09. The van der Waals surface area contributed by atoms with Gasteiger partial charge in [0.2, 0.25) is 5.91 Å². The molecule has 0 aromatic heterocycles. The number of amides is 1. The van der Waals surface area contributed by atoms with Crippen molar-refractivity contribution in [2.75, 3.05) is 40.5 Å². The molecule has 6 heteroatoms. The van der Waals surface area contributed by atoms with Crippen LogP contribution < -0.4 is 15.4 Å². The number of carbonyl (C=O) groups excluding carboxylic acids is 1. The van der Waals surface area contributed by atoms with E-state index in [4.69, 9.17) is 9.47 Å². The maximum absolute atomic E-state index is 11.5. The van der Waals surface area contributed by atoms with Crippen LogP contribution in [0.2, 0.25) is 0 Å². The van der Waals surface area contributed by atoms with Crippen molar-refractivity contribution in [3.8, 4) is 5.75 Å². The molecule has 0 aliphatic rings. The predicted molar refractivity (Wildman–Crippen MR) is 86.4 cm³/mol. The summed E-state index contributed by atoms with van der Waals surface area (Å²) in [6.07, 6.45) is 0.792. The highest BCUT2D eigenvalue weighted by Gasteiger charge is 2.02.